The predicted octanol–water partition coefficient (Wildman–Crippen LogP) is 4.34. The minimum atomic E-state index is -4.24. The van der Waals surface area contributed by atoms with Crippen LogP contribution >= 0.6 is 7.43 Å². The zero-order valence-electron chi connectivity index (χ0n) is 14.2. The Balaban J connectivity index is 2.13. The minimum absolute atomic E-state index is 0.254. The van der Waals surface area contributed by atoms with Gasteiger partial charge in [0.2, 0.25) is 0 Å². The molecule has 1 N–H and O–H groups in total. The normalized spacial score (nSPS) is 13.0. The Morgan fingerprint density at radius 1 is 0.840 bits per heavy atom. The molecule has 0 saturated heterocycles. The van der Waals surface area contributed by atoms with Crippen molar-refractivity contribution >= 4 is 7.43 Å². The SMILES string of the molecule is CCOP(O)(Cc1ccccc1)(Oc1ccccc1)[n+]1ccccc1. The van der Waals surface area contributed by atoms with E-state index in [1.807, 2.05) is 85.8 Å². The molecule has 1 aromatic heterocycles. The molecule has 0 spiro atoms. The molecule has 1 heterocycles. The van der Waals surface area contributed by atoms with Gasteiger partial charge in [-0.15, -0.1) is 0 Å². The number of hydrogen-bond donors (Lipinski definition) is 1. The summed E-state index contributed by atoms with van der Waals surface area (Å²) in [5.74, 6) is 0.573. The van der Waals surface area contributed by atoms with Crippen molar-refractivity contribution in [3.05, 3.63) is 96.8 Å². The summed E-state index contributed by atoms with van der Waals surface area (Å²) in [4.78, 5) is 12.0. The Morgan fingerprint density at radius 2 is 1.40 bits per heavy atom. The van der Waals surface area contributed by atoms with Gasteiger partial charge >= 0.3 is 148 Å². The quantitative estimate of drug-likeness (QED) is 0.640. The molecule has 0 saturated carbocycles. The number of para-hydroxylation sites is 1. The van der Waals surface area contributed by atoms with Crippen LogP contribution in [0.5, 0.6) is 5.75 Å². The summed E-state index contributed by atoms with van der Waals surface area (Å²) in [6, 6.07) is 24.7. The predicted molar refractivity (Wildman–Crippen MR) is 100 cm³/mol. The first kappa shape index (κ1) is 17.6. The zero-order chi connectivity index (χ0) is 17.6. The number of nitrogens with zero attached hydrogens (tertiary/aromatic N) is 1. The fraction of sp³-hybridized carbons (Fsp3) is 0.150. The molecular weight excluding hydrogens is 333 g/mol. The van der Waals surface area contributed by atoms with E-state index in [1.165, 1.54) is 0 Å². The van der Waals surface area contributed by atoms with Gasteiger partial charge in [-0.25, -0.2) is 0 Å². The van der Waals surface area contributed by atoms with Crippen LogP contribution in [0.2, 0.25) is 0 Å². The van der Waals surface area contributed by atoms with Gasteiger partial charge < -0.3 is 0 Å². The molecule has 3 rings (SSSR count). The Bertz CT molecular complexity index is 755. The number of aromatic nitrogens is 1. The van der Waals surface area contributed by atoms with E-state index in [0.29, 0.717) is 12.4 Å². The van der Waals surface area contributed by atoms with E-state index in [2.05, 4.69) is 0 Å². The number of pyridine rings is 1. The molecule has 0 aliphatic rings. The van der Waals surface area contributed by atoms with Crippen LogP contribution < -0.4 is 8.86 Å². The van der Waals surface area contributed by atoms with Crippen LogP contribution in [0.25, 0.3) is 0 Å². The van der Waals surface area contributed by atoms with Gasteiger partial charge in [-0.1, -0.05) is 0 Å². The third-order valence-electron chi connectivity index (χ3n) is 3.87. The summed E-state index contributed by atoms with van der Waals surface area (Å²) in [6.07, 6.45) is 3.84. The van der Waals surface area contributed by atoms with Crippen LogP contribution in [0.3, 0.4) is 0 Å². The number of rotatable bonds is 7. The van der Waals surface area contributed by atoms with Crippen molar-refractivity contribution < 1.29 is 18.3 Å². The molecule has 0 fully saturated rings. The van der Waals surface area contributed by atoms with Crippen LogP contribution in [-0.4, -0.2) is 11.5 Å². The second-order valence-corrected chi connectivity index (χ2v) is 9.04. The summed E-state index contributed by atoms with van der Waals surface area (Å²) < 4.78 is 14.0. The van der Waals surface area contributed by atoms with Crippen LogP contribution in [0.4, 0.5) is 0 Å². The van der Waals surface area contributed by atoms with E-state index in [-0.39, 0.29) is 6.16 Å². The Labute approximate surface area is 148 Å². The summed E-state index contributed by atoms with van der Waals surface area (Å²) >= 11 is 0. The maximum absolute atomic E-state index is 12.0. The standard InChI is InChI=1S/C20H23NO3P/c1-2-23-25(22,21-16-10-5-11-17-21,18-19-12-6-3-7-13-19)24-20-14-8-4-9-15-20/h3-17,22H,2,18H2,1H3/q+1. The van der Waals surface area contributed by atoms with Gasteiger partial charge in [-0.3, -0.25) is 0 Å². The first-order valence-electron chi connectivity index (χ1n) is 8.31. The van der Waals surface area contributed by atoms with Crippen molar-refractivity contribution in [1.29, 1.82) is 0 Å². The zero-order valence-corrected chi connectivity index (χ0v) is 15.1. The van der Waals surface area contributed by atoms with E-state index >= 15 is 0 Å². The van der Waals surface area contributed by atoms with Crippen molar-refractivity contribution in [3.63, 3.8) is 0 Å². The molecule has 0 aliphatic heterocycles. The first-order chi connectivity index (χ1) is 12.1. The van der Waals surface area contributed by atoms with Crippen molar-refractivity contribution in [2.24, 2.45) is 0 Å². The molecule has 0 atom stereocenters. The van der Waals surface area contributed by atoms with Gasteiger partial charge in [-0.2, -0.15) is 0 Å². The van der Waals surface area contributed by atoms with Gasteiger partial charge in [0.1, 0.15) is 0 Å². The summed E-state index contributed by atoms with van der Waals surface area (Å²) in [5.41, 5.74) is 0.948. The van der Waals surface area contributed by atoms with E-state index in [9.17, 15) is 4.89 Å². The summed E-state index contributed by atoms with van der Waals surface area (Å²) in [5, 5.41) is 0. The van der Waals surface area contributed by atoms with E-state index in [4.69, 9.17) is 9.05 Å². The molecule has 0 aliphatic carbocycles. The molecule has 25 heavy (non-hydrogen) atoms. The number of benzene rings is 2. The molecule has 0 radical (unpaired) electrons. The van der Waals surface area contributed by atoms with E-state index < -0.39 is 7.43 Å². The Morgan fingerprint density at radius 3 is 2.00 bits per heavy atom. The van der Waals surface area contributed by atoms with Gasteiger partial charge in [0, 0.05) is 0 Å². The van der Waals surface area contributed by atoms with Crippen molar-refractivity contribution in [3.8, 4) is 5.75 Å². The molecule has 5 heteroatoms. The van der Waals surface area contributed by atoms with Crippen LogP contribution in [-0.2, 0) is 10.7 Å². The third-order valence-corrected chi connectivity index (χ3v) is 7.31. The van der Waals surface area contributed by atoms with Crippen LogP contribution in [0, 0.1) is 0 Å². The van der Waals surface area contributed by atoms with E-state index in [0.717, 1.165) is 5.56 Å². The topological polar surface area (TPSA) is 42.6 Å². The van der Waals surface area contributed by atoms with Gasteiger partial charge in [0.15, 0.2) is 0 Å². The molecule has 0 amide bonds. The average Bonchev–Trinajstić information content (AvgIpc) is 2.64. The van der Waals surface area contributed by atoms with Gasteiger partial charge in [0.05, 0.1) is 0 Å². The fourth-order valence-corrected chi connectivity index (χ4v) is 5.98. The second-order valence-electron chi connectivity index (χ2n) is 5.75. The van der Waals surface area contributed by atoms with Crippen LogP contribution in [0.15, 0.2) is 91.3 Å². The van der Waals surface area contributed by atoms with Crippen LogP contribution in [0.1, 0.15) is 12.5 Å². The molecule has 130 valence electrons. The second kappa shape index (κ2) is 7.32. The molecule has 4 nitrogen and oxygen atoms in total. The summed E-state index contributed by atoms with van der Waals surface area (Å²) in [7, 11) is -4.24. The fourth-order valence-electron chi connectivity index (χ4n) is 2.80. The third kappa shape index (κ3) is 3.88. The Hall–Kier alpha value is -2.26. The van der Waals surface area contributed by atoms with Gasteiger partial charge in [-0.05, 0) is 0 Å². The van der Waals surface area contributed by atoms with E-state index in [1.54, 1.807) is 16.7 Å². The average molecular weight is 356 g/mol. The Kier molecular flexibility index (Phi) is 5.14. The summed E-state index contributed by atoms with van der Waals surface area (Å²) in [6.45, 7) is 2.19. The number of hydrogen-bond acceptors (Lipinski definition) is 3. The molecule has 2 aromatic carbocycles. The van der Waals surface area contributed by atoms with Crippen molar-refractivity contribution in [2.45, 2.75) is 13.1 Å². The van der Waals surface area contributed by atoms with Gasteiger partial charge in [0.25, 0.3) is 0 Å². The molecule has 0 bridgehead atoms. The van der Waals surface area contributed by atoms with Crippen molar-refractivity contribution in [2.75, 3.05) is 6.61 Å². The van der Waals surface area contributed by atoms with Crippen molar-refractivity contribution in [1.82, 2.24) is 0 Å². The first-order valence-corrected chi connectivity index (χ1v) is 10.5. The maximum atomic E-state index is 12.0. The molecule has 0 unspecified atom stereocenters. The molecular formula is C20H23NO3P+. The molecule has 3 aromatic rings. The monoisotopic (exact) mass is 356 g/mol.